The van der Waals surface area contributed by atoms with E-state index >= 15 is 0 Å². The summed E-state index contributed by atoms with van der Waals surface area (Å²) in [5.41, 5.74) is 6.87. The summed E-state index contributed by atoms with van der Waals surface area (Å²) < 4.78 is 0. The predicted octanol–water partition coefficient (Wildman–Crippen LogP) is 2.47. The molecular formula is C10H19N. The average Bonchev–Trinajstić information content (AvgIpc) is 2.07. The molecule has 0 atom stereocenters. The molecule has 0 aliphatic heterocycles. The monoisotopic (exact) mass is 153 g/mol. The van der Waals surface area contributed by atoms with Crippen LogP contribution < -0.4 is 5.73 Å². The minimum Gasteiger partial charge on any atom is -0.330 e. The van der Waals surface area contributed by atoms with Crippen LogP contribution in [-0.4, -0.2) is 6.54 Å². The Hall–Kier alpha value is -0.300. The second-order valence-corrected chi connectivity index (χ2v) is 3.53. The van der Waals surface area contributed by atoms with Gasteiger partial charge in [0.1, 0.15) is 0 Å². The first kappa shape index (κ1) is 8.79. The van der Waals surface area contributed by atoms with Crippen molar-refractivity contribution in [1.29, 1.82) is 0 Å². The van der Waals surface area contributed by atoms with E-state index in [1.54, 1.807) is 0 Å². The van der Waals surface area contributed by atoms with Crippen LogP contribution in [0.3, 0.4) is 0 Å². The van der Waals surface area contributed by atoms with Crippen LogP contribution in [0.15, 0.2) is 12.2 Å². The third-order valence-electron chi connectivity index (χ3n) is 2.65. The second-order valence-electron chi connectivity index (χ2n) is 3.53. The van der Waals surface area contributed by atoms with Crippen molar-refractivity contribution in [2.45, 2.75) is 38.5 Å². The Morgan fingerprint density at radius 2 is 1.91 bits per heavy atom. The fourth-order valence-corrected chi connectivity index (χ4v) is 1.90. The van der Waals surface area contributed by atoms with E-state index in [2.05, 4.69) is 6.58 Å². The summed E-state index contributed by atoms with van der Waals surface area (Å²) in [5, 5.41) is 0. The molecule has 0 aromatic rings. The first-order chi connectivity index (χ1) is 5.34. The Morgan fingerprint density at radius 3 is 2.45 bits per heavy atom. The van der Waals surface area contributed by atoms with E-state index in [1.165, 1.54) is 37.7 Å². The van der Waals surface area contributed by atoms with E-state index in [9.17, 15) is 0 Å². The van der Waals surface area contributed by atoms with Gasteiger partial charge in [-0.2, -0.15) is 0 Å². The maximum atomic E-state index is 5.48. The van der Waals surface area contributed by atoms with Crippen LogP contribution >= 0.6 is 0 Å². The van der Waals surface area contributed by atoms with Gasteiger partial charge in [-0.05, 0) is 31.7 Å². The van der Waals surface area contributed by atoms with E-state index < -0.39 is 0 Å². The van der Waals surface area contributed by atoms with Gasteiger partial charge >= 0.3 is 0 Å². The van der Waals surface area contributed by atoms with E-state index in [4.69, 9.17) is 5.73 Å². The van der Waals surface area contributed by atoms with Gasteiger partial charge in [-0.15, -0.1) is 0 Å². The molecule has 0 heterocycles. The normalized spacial score (nSPS) is 20.1. The van der Waals surface area contributed by atoms with Gasteiger partial charge in [0.2, 0.25) is 0 Å². The number of nitrogens with two attached hydrogens (primary N) is 1. The molecule has 0 aromatic heterocycles. The molecule has 0 spiro atoms. The van der Waals surface area contributed by atoms with Crippen LogP contribution in [0.5, 0.6) is 0 Å². The van der Waals surface area contributed by atoms with E-state index in [-0.39, 0.29) is 0 Å². The lowest BCUT2D eigenvalue weighted by Gasteiger charge is -2.23. The van der Waals surface area contributed by atoms with Crippen molar-refractivity contribution in [3.8, 4) is 0 Å². The Morgan fingerprint density at radius 1 is 1.27 bits per heavy atom. The van der Waals surface area contributed by atoms with Gasteiger partial charge in [0.25, 0.3) is 0 Å². The second kappa shape index (κ2) is 4.55. The zero-order valence-corrected chi connectivity index (χ0v) is 7.31. The van der Waals surface area contributed by atoms with Gasteiger partial charge in [0, 0.05) is 0 Å². The Bertz CT molecular complexity index is 123. The Balaban J connectivity index is 2.27. The number of hydrogen-bond donors (Lipinski definition) is 1. The quantitative estimate of drug-likeness (QED) is 0.619. The van der Waals surface area contributed by atoms with Crippen LogP contribution in [0.4, 0.5) is 0 Å². The predicted molar refractivity (Wildman–Crippen MR) is 49.4 cm³/mol. The fourth-order valence-electron chi connectivity index (χ4n) is 1.90. The van der Waals surface area contributed by atoms with Crippen LogP contribution in [0.2, 0.25) is 0 Å². The van der Waals surface area contributed by atoms with Gasteiger partial charge < -0.3 is 5.73 Å². The highest BCUT2D eigenvalue weighted by Gasteiger charge is 2.15. The molecule has 64 valence electrons. The molecule has 1 heteroatoms. The van der Waals surface area contributed by atoms with Gasteiger partial charge in [-0.25, -0.2) is 0 Å². The summed E-state index contributed by atoms with van der Waals surface area (Å²) in [6, 6.07) is 0. The number of hydrogen-bond acceptors (Lipinski definition) is 1. The fraction of sp³-hybridized carbons (Fsp3) is 0.800. The van der Waals surface area contributed by atoms with Crippen LogP contribution in [0.25, 0.3) is 0 Å². The van der Waals surface area contributed by atoms with E-state index in [1.807, 2.05) is 0 Å². The van der Waals surface area contributed by atoms with Crippen molar-refractivity contribution in [3.05, 3.63) is 12.2 Å². The highest BCUT2D eigenvalue weighted by Crippen LogP contribution is 2.29. The lowest BCUT2D eigenvalue weighted by atomic mass is 9.83. The molecule has 11 heavy (non-hydrogen) atoms. The van der Waals surface area contributed by atoms with Crippen molar-refractivity contribution in [1.82, 2.24) is 0 Å². The zero-order valence-electron chi connectivity index (χ0n) is 7.31. The SMILES string of the molecule is C=C(CCN)C1CCCCC1. The lowest BCUT2D eigenvalue weighted by Crippen LogP contribution is -2.11. The Labute approximate surface area is 69.7 Å². The molecule has 1 aliphatic carbocycles. The summed E-state index contributed by atoms with van der Waals surface area (Å²) in [6.45, 7) is 4.86. The lowest BCUT2D eigenvalue weighted by molar-refractivity contribution is 0.396. The summed E-state index contributed by atoms with van der Waals surface area (Å²) in [7, 11) is 0. The number of rotatable bonds is 3. The molecule has 0 aromatic carbocycles. The molecule has 0 amide bonds. The van der Waals surface area contributed by atoms with Crippen molar-refractivity contribution < 1.29 is 0 Å². The molecule has 1 nitrogen and oxygen atoms in total. The van der Waals surface area contributed by atoms with Crippen molar-refractivity contribution >= 4 is 0 Å². The zero-order chi connectivity index (χ0) is 8.10. The molecule has 1 saturated carbocycles. The standard InChI is InChI=1S/C10H19N/c1-9(7-8-11)10-5-3-2-4-6-10/h10H,1-8,11H2. The van der Waals surface area contributed by atoms with Gasteiger partial charge in [0.05, 0.1) is 0 Å². The highest BCUT2D eigenvalue weighted by atomic mass is 14.5. The minimum absolute atomic E-state index is 0.773. The molecule has 2 N–H and O–H groups in total. The van der Waals surface area contributed by atoms with Gasteiger partial charge in [0.15, 0.2) is 0 Å². The maximum Gasteiger partial charge on any atom is -0.00399 e. The van der Waals surface area contributed by atoms with Crippen LogP contribution in [-0.2, 0) is 0 Å². The maximum absolute atomic E-state index is 5.48. The van der Waals surface area contributed by atoms with Crippen molar-refractivity contribution in [3.63, 3.8) is 0 Å². The first-order valence-electron chi connectivity index (χ1n) is 4.72. The summed E-state index contributed by atoms with van der Waals surface area (Å²) in [5.74, 6) is 0.798. The summed E-state index contributed by atoms with van der Waals surface area (Å²) in [6.07, 6.45) is 7.97. The molecule has 0 bridgehead atoms. The van der Waals surface area contributed by atoms with Crippen molar-refractivity contribution in [2.75, 3.05) is 6.54 Å². The molecule has 1 rings (SSSR count). The topological polar surface area (TPSA) is 26.0 Å². The van der Waals surface area contributed by atoms with E-state index in [0.717, 1.165) is 18.9 Å². The molecule has 0 radical (unpaired) electrons. The van der Waals surface area contributed by atoms with Gasteiger partial charge in [-0.3, -0.25) is 0 Å². The largest absolute Gasteiger partial charge is 0.330 e. The smallest absolute Gasteiger partial charge is 0.00399 e. The van der Waals surface area contributed by atoms with E-state index in [0.29, 0.717) is 0 Å². The van der Waals surface area contributed by atoms with Crippen molar-refractivity contribution in [2.24, 2.45) is 11.7 Å². The summed E-state index contributed by atoms with van der Waals surface area (Å²) in [4.78, 5) is 0. The molecule has 1 aliphatic rings. The van der Waals surface area contributed by atoms with Gasteiger partial charge in [-0.1, -0.05) is 31.4 Å². The Kier molecular flexibility index (Phi) is 3.64. The first-order valence-corrected chi connectivity index (χ1v) is 4.72. The molecule has 1 fully saturated rings. The summed E-state index contributed by atoms with van der Waals surface area (Å²) >= 11 is 0. The van der Waals surface area contributed by atoms with Crippen LogP contribution in [0.1, 0.15) is 38.5 Å². The molecule has 0 unspecified atom stereocenters. The average molecular weight is 153 g/mol. The minimum atomic E-state index is 0.773. The third-order valence-corrected chi connectivity index (χ3v) is 2.65. The third kappa shape index (κ3) is 2.66. The molecular weight excluding hydrogens is 134 g/mol. The highest BCUT2D eigenvalue weighted by molar-refractivity contribution is 5.01. The van der Waals surface area contributed by atoms with Crippen LogP contribution in [0, 0.1) is 5.92 Å². The molecule has 0 saturated heterocycles.